The van der Waals surface area contributed by atoms with Gasteiger partial charge in [0, 0.05) is 51.6 Å². The van der Waals surface area contributed by atoms with E-state index in [2.05, 4.69) is 4.90 Å². The Hall–Kier alpha value is -1.14. The van der Waals surface area contributed by atoms with Gasteiger partial charge >= 0.3 is 0 Å². The highest BCUT2D eigenvalue weighted by atomic mass is 16.3. The summed E-state index contributed by atoms with van der Waals surface area (Å²) in [6.07, 6.45) is 5.51. The topological polar surface area (TPSA) is 64.1 Å². The molecule has 2 atom stereocenters. The second kappa shape index (κ2) is 7.18. The number of carbonyl (C=O) groups is 2. The van der Waals surface area contributed by atoms with Gasteiger partial charge in [-0.05, 0) is 38.6 Å². The predicted molar refractivity (Wildman–Crippen MR) is 86.8 cm³/mol. The lowest BCUT2D eigenvalue weighted by Crippen LogP contribution is -2.47. The number of hydrogen-bond acceptors (Lipinski definition) is 4. The van der Waals surface area contributed by atoms with Gasteiger partial charge in [-0.2, -0.15) is 0 Å². The SMILES string of the molecule is CC(=O)N(C[C@@H]1CCCN1C[C@H](O)CN1CCCC1=O)C1CC1. The summed E-state index contributed by atoms with van der Waals surface area (Å²) < 4.78 is 0. The molecule has 2 aliphatic heterocycles. The number of carbonyl (C=O) groups excluding carboxylic acids is 2. The Morgan fingerprint density at radius 2 is 2.04 bits per heavy atom. The second-order valence-electron chi connectivity index (χ2n) is 7.29. The second-order valence-corrected chi connectivity index (χ2v) is 7.29. The third-order valence-corrected chi connectivity index (χ3v) is 5.35. The molecule has 1 N–H and O–H groups in total. The van der Waals surface area contributed by atoms with Crippen LogP contribution in [0.5, 0.6) is 0 Å². The van der Waals surface area contributed by atoms with Crippen molar-refractivity contribution in [2.45, 2.75) is 63.6 Å². The average Bonchev–Trinajstić information content (AvgIpc) is 3.12. The molecule has 0 radical (unpaired) electrons. The van der Waals surface area contributed by atoms with Crippen LogP contribution in [-0.2, 0) is 9.59 Å². The Labute approximate surface area is 138 Å². The highest BCUT2D eigenvalue weighted by molar-refractivity contribution is 5.78. The van der Waals surface area contributed by atoms with Gasteiger partial charge in [-0.3, -0.25) is 14.5 Å². The number of aliphatic hydroxyl groups excluding tert-OH is 1. The molecule has 2 amide bonds. The summed E-state index contributed by atoms with van der Waals surface area (Å²) in [7, 11) is 0. The van der Waals surface area contributed by atoms with Crippen molar-refractivity contribution < 1.29 is 14.7 Å². The molecule has 23 heavy (non-hydrogen) atoms. The van der Waals surface area contributed by atoms with Gasteiger partial charge in [-0.15, -0.1) is 0 Å². The number of rotatable bonds is 7. The summed E-state index contributed by atoms with van der Waals surface area (Å²) in [4.78, 5) is 29.6. The van der Waals surface area contributed by atoms with Crippen molar-refractivity contribution in [3.05, 3.63) is 0 Å². The maximum Gasteiger partial charge on any atom is 0.222 e. The van der Waals surface area contributed by atoms with E-state index in [1.807, 2.05) is 4.90 Å². The van der Waals surface area contributed by atoms with Gasteiger partial charge in [0.1, 0.15) is 0 Å². The molecule has 6 heteroatoms. The van der Waals surface area contributed by atoms with Crippen molar-refractivity contribution in [3.63, 3.8) is 0 Å². The smallest absolute Gasteiger partial charge is 0.222 e. The van der Waals surface area contributed by atoms with Crippen molar-refractivity contribution >= 4 is 11.8 Å². The lowest BCUT2D eigenvalue weighted by atomic mass is 10.2. The predicted octanol–water partition coefficient (Wildman–Crippen LogP) is 0.445. The van der Waals surface area contributed by atoms with Crippen LogP contribution in [0.2, 0.25) is 0 Å². The Bertz CT molecular complexity index is 452. The van der Waals surface area contributed by atoms with Gasteiger partial charge < -0.3 is 14.9 Å². The van der Waals surface area contributed by atoms with Crippen LogP contribution in [0.4, 0.5) is 0 Å². The molecular weight excluding hydrogens is 294 g/mol. The highest BCUT2D eigenvalue weighted by Gasteiger charge is 2.35. The minimum atomic E-state index is -0.496. The highest BCUT2D eigenvalue weighted by Crippen LogP contribution is 2.29. The summed E-state index contributed by atoms with van der Waals surface area (Å²) in [6.45, 7) is 5.25. The zero-order valence-corrected chi connectivity index (χ0v) is 14.1. The summed E-state index contributed by atoms with van der Waals surface area (Å²) in [5.74, 6) is 0.334. The molecule has 0 bridgehead atoms. The van der Waals surface area contributed by atoms with Crippen molar-refractivity contribution in [1.82, 2.24) is 14.7 Å². The molecule has 0 aromatic heterocycles. The van der Waals surface area contributed by atoms with Gasteiger partial charge in [0.2, 0.25) is 11.8 Å². The third kappa shape index (κ3) is 4.23. The van der Waals surface area contributed by atoms with Gasteiger partial charge in [0.05, 0.1) is 6.10 Å². The summed E-state index contributed by atoms with van der Waals surface area (Å²) >= 11 is 0. The van der Waals surface area contributed by atoms with E-state index in [-0.39, 0.29) is 11.8 Å². The van der Waals surface area contributed by atoms with E-state index in [0.29, 0.717) is 31.6 Å². The van der Waals surface area contributed by atoms with E-state index in [4.69, 9.17) is 0 Å². The van der Waals surface area contributed by atoms with Crippen LogP contribution in [0.15, 0.2) is 0 Å². The number of hydrogen-bond donors (Lipinski definition) is 1. The van der Waals surface area contributed by atoms with Crippen LogP contribution < -0.4 is 0 Å². The van der Waals surface area contributed by atoms with Crippen molar-refractivity contribution in [2.24, 2.45) is 0 Å². The fourth-order valence-corrected chi connectivity index (χ4v) is 3.97. The van der Waals surface area contributed by atoms with E-state index in [9.17, 15) is 14.7 Å². The molecule has 130 valence electrons. The third-order valence-electron chi connectivity index (χ3n) is 5.35. The largest absolute Gasteiger partial charge is 0.390 e. The first kappa shape index (κ1) is 16.7. The van der Waals surface area contributed by atoms with Crippen LogP contribution in [0.25, 0.3) is 0 Å². The maximum atomic E-state index is 11.8. The molecule has 0 spiro atoms. The fraction of sp³-hybridized carbons (Fsp3) is 0.882. The van der Waals surface area contributed by atoms with Crippen LogP contribution >= 0.6 is 0 Å². The van der Waals surface area contributed by atoms with E-state index >= 15 is 0 Å². The Morgan fingerprint density at radius 3 is 2.65 bits per heavy atom. The van der Waals surface area contributed by atoms with Crippen LogP contribution in [-0.4, -0.2) is 82.5 Å². The molecule has 6 nitrogen and oxygen atoms in total. The molecule has 3 fully saturated rings. The van der Waals surface area contributed by atoms with Gasteiger partial charge in [-0.1, -0.05) is 0 Å². The van der Waals surface area contributed by atoms with Gasteiger partial charge in [0.25, 0.3) is 0 Å². The number of β-amino-alcohol motifs (C(OH)–C–C–N with tert-alkyl or cyclic N) is 1. The standard InChI is InChI=1S/C17H29N3O3/c1-13(21)20(14-6-7-14)10-15-4-2-8-18(15)11-16(22)12-19-9-3-5-17(19)23/h14-16,22H,2-12H2,1H3/t15-,16-/m0/s1. The quantitative estimate of drug-likeness (QED) is 0.739. The molecule has 0 unspecified atom stereocenters. The molecule has 2 saturated heterocycles. The number of aliphatic hydroxyl groups is 1. The summed E-state index contributed by atoms with van der Waals surface area (Å²) in [5.41, 5.74) is 0. The normalized spacial score (nSPS) is 26.8. The van der Waals surface area contributed by atoms with E-state index in [1.54, 1.807) is 11.8 Å². The maximum absolute atomic E-state index is 11.8. The minimum absolute atomic E-state index is 0.165. The summed E-state index contributed by atoms with van der Waals surface area (Å²) in [6, 6.07) is 0.797. The molecular formula is C17H29N3O3. The molecule has 2 heterocycles. The van der Waals surface area contributed by atoms with E-state index in [0.717, 1.165) is 51.7 Å². The first-order valence-corrected chi connectivity index (χ1v) is 9.01. The van der Waals surface area contributed by atoms with Crippen molar-refractivity contribution in [3.8, 4) is 0 Å². The molecule has 0 aromatic carbocycles. The molecule has 3 aliphatic rings. The van der Waals surface area contributed by atoms with Crippen molar-refractivity contribution in [2.75, 3.05) is 32.7 Å². The van der Waals surface area contributed by atoms with Crippen LogP contribution in [0.3, 0.4) is 0 Å². The first-order chi connectivity index (χ1) is 11.0. The number of nitrogens with zero attached hydrogens (tertiary/aromatic N) is 3. The average molecular weight is 323 g/mol. The molecule has 1 aliphatic carbocycles. The number of likely N-dealkylation sites (tertiary alicyclic amines) is 2. The molecule has 3 rings (SSSR count). The first-order valence-electron chi connectivity index (χ1n) is 9.01. The van der Waals surface area contributed by atoms with Gasteiger partial charge in [-0.25, -0.2) is 0 Å². The molecule has 1 saturated carbocycles. The van der Waals surface area contributed by atoms with Crippen molar-refractivity contribution in [1.29, 1.82) is 0 Å². The minimum Gasteiger partial charge on any atom is -0.390 e. The Morgan fingerprint density at radius 1 is 1.26 bits per heavy atom. The monoisotopic (exact) mass is 323 g/mol. The van der Waals surface area contributed by atoms with Crippen LogP contribution in [0.1, 0.15) is 45.4 Å². The fourth-order valence-electron chi connectivity index (χ4n) is 3.97. The van der Waals surface area contributed by atoms with Crippen LogP contribution in [0, 0.1) is 0 Å². The molecule has 0 aromatic rings. The van der Waals surface area contributed by atoms with E-state index < -0.39 is 6.10 Å². The zero-order chi connectivity index (χ0) is 16.4. The van der Waals surface area contributed by atoms with Gasteiger partial charge in [0.15, 0.2) is 0 Å². The lowest BCUT2D eigenvalue weighted by molar-refractivity contribution is -0.131. The Balaban J connectivity index is 1.49. The zero-order valence-electron chi connectivity index (χ0n) is 14.1. The number of amides is 2. The summed E-state index contributed by atoms with van der Waals surface area (Å²) in [5, 5.41) is 10.4. The Kier molecular flexibility index (Phi) is 5.21. The lowest BCUT2D eigenvalue weighted by Gasteiger charge is -2.32. The van der Waals surface area contributed by atoms with E-state index in [1.165, 1.54) is 0 Å².